The maximum atomic E-state index is 12.8. The summed E-state index contributed by atoms with van der Waals surface area (Å²) >= 11 is 0. The summed E-state index contributed by atoms with van der Waals surface area (Å²) < 4.78 is 1.87. The third kappa shape index (κ3) is 3.70. The van der Waals surface area contributed by atoms with E-state index in [1.165, 1.54) is 0 Å². The number of benzene rings is 1. The third-order valence-electron chi connectivity index (χ3n) is 4.85. The van der Waals surface area contributed by atoms with Crippen molar-refractivity contribution >= 4 is 17.5 Å². The highest BCUT2D eigenvalue weighted by Gasteiger charge is 2.29. The second-order valence-electron chi connectivity index (χ2n) is 6.46. The molecule has 3 rings (SSSR count). The predicted molar refractivity (Wildman–Crippen MR) is 102 cm³/mol. The number of nitrogens with zero attached hydrogens (tertiary/aromatic N) is 4. The Morgan fingerprint density at radius 3 is 2.56 bits per heavy atom. The minimum atomic E-state index is -0.346. The van der Waals surface area contributed by atoms with Gasteiger partial charge in [0, 0.05) is 25.3 Å². The van der Waals surface area contributed by atoms with Gasteiger partial charge in [-0.05, 0) is 57.4 Å². The summed E-state index contributed by atoms with van der Waals surface area (Å²) in [4.78, 5) is 31.8. The molecule has 0 saturated heterocycles. The lowest BCUT2D eigenvalue weighted by Crippen LogP contribution is -2.31. The van der Waals surface area contributed by atoms with Crippen LogP contribution in [0.3, 0.4) is 0 Å². The van der Waals surface area contributed by atoms with Gasteiger partial charge >= 0.3 is 0 Å². The Balaban J connectivity index is 1.91. The molecule has 0 atom stereocenters. The highest BCUT2D eigenvalue weighted by atomic mass is 16.2. The highest BCUT2D eigenvalue weighted by molar-refractivity contribution is 6.03. The van der Waals surface area contributed by atoms with E-state index in [4.69, 9.17) is 5.26 Å². The van der Waals surface area contributed by atoms with Crippen molar-refractivity contribution in [2.75, 3.05) is 18.4 Å². The van der Waals surface area contributed by atoms with Crippen molar-refractivity contribution in [3.05, 3.63) is 47.0 Å². The number of imidazole rings is 1. The van der Waals surface area contributed by atoms with Crippen LogP contribution in [-0.2, 0) is 13.0 Å². The highest BCUT2D eigenvalue weighted by Crippen LogP contribution is 2.23. The topological polar surface area (TPSA) is 91.0 Å². The van der Waals surface area contributed by atoms with Crippen LogP contribution in [0.1, 0.15) is 59.1 Å². The smallest absolute Gasteiger partial charge is 0.291 e. The first-order valence-corrected chi connectivity index (χ1v) is 9.29. The number of anilines is 1. The van der Waals surface area contributed by atoms with Crippen LogP contribution in [0.4, 0.5) is 5.69 Å². The van der Waals surface area contributed by atoms with Gasteiger partial charge in [0.2, 0.25) is 0 Å². The molecule has 140 valence electrons. The molecule has 0 saturated carbocycles. The maximum absolute atomic E-state index is 12.8. The van der Waals surface area contributed by atoms with Gasteiger partial charge in [0.15, 0.2) is 5.82 Å². The molecule has 0 bridgehead atoms. The number of carbonyl (C=O) groups excluding carboxylic acids is 2. The number of hydrogen-bond acceptors (Lipinski definition) is 4. The molecular formula is C20H23N5O2. The van der Waals surface area contributed by atoms with Crippen molar-refractivity contribution < 1.29 is 9.59 Å². The van der Waals surface area contributed by atoms with Gasteiger partial charge in [0.25, 0.3) is 11.8 Å². The van der Waals surface area contributed by atoms with Crippen LogP contribution >= 0.6 is 0 Å². The Morgan fingerprint density at radius 1 is 1.22 bits per heavy atom. The van der Waals surface area contributed by atoms with Crippen LogP contribution in [0.25, 0.3) is 0 Å². The molecule has 0 unspecified atom stereocenters. The number of fused-ring (bicyclic) bond motifs is 1. The second kappa shape index (κ2) is 8.04. The van der Waals surface area contributed by atoms with Gasteiger partial charge in [-0.25, -0.2) is 4.98 Å². The lowest BCUT2D eigenvalue weighted by Gasteiger charge is -2.20. The first-order valence-electron chi connectivity index (χ1n) is 9.29. The normalized spacial score (nSPS) is 12.8. The number of hydrogen-bond donors (Lipinski definition) is 1. The Morgan fingerprint density at radius 2 is 1.93 bits per heavy atom. The fourth-order valence-electron chi connectivity index (χ4n) is 3.36. The largest absolute Gasteiger partial charge is 0.338 e. The van der Waals surface area contributed by atoms with Crippen molar-refractivity contribution in [3.63, 3.8) is 0 Å². The monoisotopic (exact) mass is 365 g/mol. The molecule has 0 spiro atoms. The van der Waals surface area contributed by atoms with E-state index >= 15 is 0 Å². The van der Waals surface area contributed by atoms with Gasteiger partial charge in [-0.3, -0.25) is 9.59 Å². The van der Waals surface area contributed by atoms with E-state index in [-0.39, 0.29) is 17.6 Å². The molecule has 1 N–H and O–H groups in total. The van der Waals surface area contributed by atoms with E-state index < -0.39 is 0 Å². The standard InChI is InChI=1S/C20H23N5O2/c1-3-24(4-2)20(27)17-16-7-5-6-12-25(16)18(23-17)19(26)22-15-10-8-14(13-21)9-11-15/h8-11H,3-7,12H2,1-2H3,(H,22,26). The van der Waals surface area contributed by atoms with Crippen molar-refractivity contribution in [1.29, 1.82) is 5.26 Å². The number of amides is 2. The van der Waals surface area contributed by atoms with Crippen LogP contribution in [0.15, 0.2) is 24.3 Å². The van der Waals surface area contributed by atoms with E-state index in [1.807, 2.05) is 24.5 Å². The summed E-state index contributed by atoms with van der Waals surface area (Å²) in [6.07, 6.45) is 2.69. The zero-order valence-electron chi connectivity index (χ0n) is 15.7. The molecule has 1 aromatic carbocycles. The maximum Gasteiger partial charge on any atom is 0.291 e. The average molecular weight is 365 g/mol. The number of nitrogens with one attached hydrogen (secondary N) is 1. The van der Waals surface area contributed by atoms with E-state index in [0.717, 1.165) is 25.0 Å². The molecule has 1 aliphatic rings. The molecule has 2 heterocycles. The third-order valence-corrected chi connectivity index (χ3v) is 4.85. The molecule has 1 aromatic heterocycles. The van der Waals surface area contributed by atoms with Crippen molar-refractivity contribution in [1.82, 2.24) is 14.5 Å². The van der Waals surface area contributed by atoms with Gasteiger partial charge in [0.1, 0.15) is 5.69 Å². The van der Waals surface area contributed by atoms with E-state index in [2.05, 4.69) is 10.3 Å². The predicted octanol–water partition coefficient (Wildman–Crippen LogP) is 2.83. The van der Waals surface area contributed by atoms with Crippen LogP contribution in [-0.4, -0.2) is 39.4 Å². The van der Waals surface area contributed by atoms with Crippen LogP contribution in [0.2, 0.25) is 0 Å². The fourth-order valence-corrected chi connectivity index (χ4v) is 3.36. The zero-order chi connectivity index (χ0) is 19.4. The van der Waals surface area contributed by atoms with Crippen molar-refractivity contribution in [2.24, 2.45) is 0 Å². The molecule has 7 heteroatoms. The average Bonchev–Trinajstić information content (AvgIpc) is 3.09. The summed E-state index contributed by atoms with van der Waals surface area (Å²) in [5, 5.41) is 11.7. The number of nitriles is 1. The molecule has 2 amide bonds. The summed E-state index contributed by atoms with van der Waals surface area (Å²) in [5.41, 5.74) is 2.36. The molecule has 2 aromatic rings. The number of rotatable bonds is 5. The lowest BCUT2D eigenvalue weighted by molar-refractivity contribution is 0.0766. The van der Waals surface area contributed by atoms with Gasteiger partial charge in [-0.1, -0.05) is 0 Å². The minimum Gasteiger partial charge on any atom is -0.338 e. The summed E-state index contributed by atoms with van der Waals surface area (Å²) in [7, 11) is 0. The zero-order valence-corrected chi connectivity index (χ0v) is 15.7. The summed E-state index contributed by atoms with van der Waals surface area (Å²) in [6.45, 7) is 5.76. The van der Waals surface area contributed by atoms with E-state index in [0.29, 0.717) is 36.6 Å². The molecule has 7 nitrogen and oxygen atoms in total. The lowest BCUT2D eigenvalue weighted by atomic mass is 10.1. The Hall–Kier alpha value is -3.14. The quantitative estimate of drug-likeness (QED) is 0.882. The van der Waals surface area contributed by atoms with Crippen molar-refractivity contribution in [3.8, 4) is 6.07 Å². The van der Waals surface area contributed by atoms with Crippen LogP contribution in [0.5, 0.6) is 0 Å². The SMILES string of the molecule is CCN(CC)C(=O)c1nc(C(=O)Nc2ccc(C#N)cc2)n2c1CCCC2. The van der Waals surface area contributed by atoms with Gasteiger partial charge in [-0.15, -0.1) is 0 Å². The van der Waals surface area contributed by atoms with E-state index in [1.54, 1.807) is 29.2 Å². The first-order chi connectivity index (χ1) is 13.1. The fraction of sp³-hybridized carbons (Fsp3) is 0.400. The van der Waals surface area contributed by atoms with Crippen LogP contribution in [0, 0.1) is 11.3 Å². The molecular weight excluding hydrogens is 342 g/mol. The summed E-state index contributed by atoms with van der Waals surface area (Å²) in [5.74, 6) is -0.200. The first kappa shape index (κ1) is 18.6. The Bertz CT molecular complexity index is 888. The van der Waals surface area contributed by atoms with Gasteiger partial charge in [0.05, 0.1) is 17.3 Å². The van der Waals surface area contributed by atoms with Gasteiger partial charge < -0.3 is 14.8 Å². The number of aromatic nitrogens is 2. The van der Waals surface area contributed by atoms with E-state index in [9.17, 15) is 9.59 Å². The number of carbonyl (C=O) groups is 2. The second-order valence-corrected chi connectivity index (χ2v) is 6.46. The van der Waals surface area contributed by atoms with Crippen molar-refractivity contribution in [2.45, 2.75) is 39.7 Å². The summed E-state index contributed by atoms with van der Waals surface area (Å²) in [6, 6.07) is 8.69. The Labute approximate surface area is 158 Å². The molecule has 0 radical (unpaired) electrons. The molecule has 1 aliphatic heterocycles. The Kier molecular flexibility index (Phi) is 5.55. The van der Waals surface area contributed by atoms with Crippen LogP contribution < -0.4 is 5.32 Å². The van der Waals surface area contributed by atoms with Gasteiger partial charge in [-0.2, -0.15) is 5.26 Å². The molecule has 0 aliphatic carbocycles. The molecule has 27 heavy (non-hydrogen) atoms. The minimum absolute atomic E-state index is 0.122. The molecule has 0 fully saturated rings.